The summed E-state index contributed by atoms with van der Waals surface area (Å²) in [6.07, 6.45) is 8.54. The monoisotopic (exact) mass is 232 g/mol. The highest BCUT2D eigenvalue weighted by Gasteiger charge is 2.15. The Morgan fingerprint density at radius 2 is 2.53 bits per heavy atom. The van der Waals surface area contributed by atoms with Gasteiger partial charge in [-0.1, -0.05) is 12.2 Å². The Labute approximate surface area is 101 Å². The van der Waals surface area contributed by atoms with E-state index in [1.807, 2.05) is 0 Å². The van der Waals surface area contributed by atoms with Gasteiger partial charge < -0.3 is 10.1 Å². The number of aromatic nitrogens is 1. The van der Waals surface area contributed by atoms with E-state index >= 15 is 0 Å². The van der Waals surface area contributed by atoms with Crippen LogP contribution in [0.4, 0.5) is 5.69 Å². The predicted octanol–water partition coefficient (Wildman–Crippen LogP) is 2.39. The maximum Gasteiger partial charge on any atom is 0.237 e. The third kappa shape index (κ3) is 3.06. The van der Waals surface area contributed by atoms with Gasteiger partial charge in [0.25, 0.3) is 0 Å². The van der Waals surface area contributed by atoms with Crippen LogP contribution in [0.2, 0.25) is 0 Å². The zero-order valence-electron chi connectivity index (χ0n) is 9.85. The molecule has 1 N–H and O–H groups in total. The fraction of sp³-hybridized carbons (Fsp3) is 0.385. The molecular formula is C13H16N2O2. The zero-order chi connectivity index (χ0) is 12.1. The Morgan fingerprint density at radius 1 is 1.65 bits per heavy atom. The van der Waals surface area contributed by atoms with Gasteiger partial charge in [-0.2, -0.15) is 0 Å². The van der Waals surface area contributed by atoms with E-state index in [1.165, 1.54) is 7.11 Å². The molecule has 0 bridgehead atoms. The Balaban J connectivity index is 1.95. The lowest BCUT2D eigenvalue weighted by Crippen LogP contribution is -2.15. The Morgan fingerprint density at radius 3 is 3.24 bits per heavy atom. The average Bonchev–Trinajstić information content (AvgIpc) is 2.82. The van der Waals surface area contributed by atoms with Crippen molar-refractivity contribution in [3.05, 3.63) is 30.5 Å². The van der Waals surface area contributed by atoms with Gasteiger partial charge in [-0.15, -0.1) is 0 Å². The summed E-state index contributed by atoms with van der Waals surface area (Å²) in [5, 5.41) is 2.83. The first-order valence-corrected chi connectivity index (χ1v) is 5.75. The molecule has 2 rings (SSSR count). The average molecular weight is 232 g/mol. The van der Waals surface area contributed by atoms with Gasteiger partial charge in [-0.3, -0.25) is 4.79 Å². The summed E-state index contributed by atoms with van der Waals surface area (Å²) in [5.74, 6) is 0.827. The van der Waals surface area contributed by atoms with Crippen molar-refractivity contribution in [2.75, 3.05) is 12.4 Å². The molecule has 1 unspecified atom stereocenters. The molecule has 4 heteroatoms. The minimum atomic E-state index is 0.00727. The van der Waals surface area contributed by atoms with Crippen molar-refractivity contribution in [2.24, 2.45) is 5.92 Å². The summed E-state index contributed by atoms with van der Waals surface area (Å²) in [6.45, 7) is 0. The normalized spacial score (nSPS) is 18.1. The van der Waals surface area contributed by atoms with E-state index < -0.39 is 0 Å². The van der Waals surface area contributed by atoms with Crippen LogP contribution in [0.5, 0.6) is 5.88 Å². The lowest BCUT2D eigenvalue weighted by Gasteiger charge is -2.10. The quantitative estimate of drug-likeness (QED) is 0.811. The molecule has 0 fully saturated rings. The highest BCUT2D eigenvalue weighted by atomic mass is 16.5. The number of anilines is 1. The van der Waals surface area contributed by atoms with Crippen molar-refractivity contribution in [1.82, 2.24) is 4.98 Å². The third-order valence-electron chi connectivity index (χ3n) is 2.80. The highest BCUT2D eigenvalue weighted by Crippen LogP contribution is 2.23. The SMILES string of the molecule is COc1ncccc1NC(=O)CC1C=CCC1. The molecule has 1 aliphatic rings. The molecular weight excluding hydrogens is 216 g/mol. The second-order valence-corrected chi connectivity index (χ2v) is 4.08. The number of carbonyl (C=O) groups is 1. The first-order valence-electron chi connectivity index (χ1n) is 5.75. The van der Waals surface area contributed by atoms with E-state index in [0.717, 1.165) is 12.8 Å². The summed E-state index contributed by atoms with van der Waals surface area (Å²) in [4.78, 5) is 15.8. The van der Waals surface area contributed by atoms with Gasteiger partial charge in [0.15, 0.2) is 0 Å². The number of pyridine rings is 1. The topological polar surface area (TPSA) is 51.2 Å². The second-order valence-electron chi connectivity index (χ2n) is 4.08. The molecule has 0 aromatic carbocycles. The summed E-state index contributed by atoms with van der Waals surface area (Å²) in [5.41, 5.74) is 0.627. The van der Waals surface area contributed by atoms with Gasteiger partial charge in [0.2, 0.25) is 11.8 Å². The molecule has 1 atom stereocenters. The first kappa shape index (κ1) is 11.6. The van der Waals surface area contributed by atoms with Crippen molar-refractivity contribution >= 4 is 11.6 Å². The molecule has 0 saturated carbocycles. The van der Waals surface area contributed by atoms with Crippen LogP contribution in [0, 0.1) is 5.92 Å². The third-order valence-corrected chi connectivity index (χ3v) is 2.80. The van der Waals surface area contributed by atoms with E-state index in [4.69, 9.17) is 4.74 Å². The lowest BCUT2D eigenvalue weighted by atomic mass is 10.1. The number of carbonyl (C=O) groups excluding carboxylic acids is 1. The molecule has 0 aliphatic heterocycles. The minimum absolute atomic E-state index is 0.00727. The standard InChI is InChI=1S/C13H16N2O2/c1-17-13-11(7-4-8-14-13)15-12(16)9-10-5-2-3-6-10/h2,4-5,7-8,10H,3,6,9H2,1H3,(H,15,16). The summed E-state index contributed by atoms with van der Waals surface area (Å²) in [7, 11) is 1.54. The van der Waals surface area contributed by atoms with Gasteiger partial charge in [-0.25, -0.2) is 4.98 Å². The molecule has 17 heavy (non-hydrogen) atoms. The van der Waals surface area contributed by atoms with E-state index in [1.54, 1.807) is 18.3 Å². The Bertz CT molecular complexity index is 429. The summed E-state index contributed by atoms with van der Waals surface area (Å²) >= 11 is 0. The molecule has 1 heterocycles. The number of methoxy groups -OCH3 is 1. The van der Waals surface area contributed by atoms with Crippen LogP contribution in [0.25, 0.3) is 0 Å². The lowest BCUT2D eigenvalue weighted by molar-refractivity contribution is -0.116. The largest absolute Gasteiger partial charge is 0.480 e. The van der Waals surface area contributed by atoms with E-state index in [2.05, 4.69) is 22.5 Å². The number of amides is 1. The molecule has 4 nitrogen and oxygen atoms in total. The van der Waals surface area contributed by atoms with Crippen molar-refractivity contribution in [1.29, 1.82) is 0 Å². The van der Waals surface area contributed by atoms with E-state index in [-0.39, 0.29) is 5.91 Å². The van der Waals surface area contributed by atoms with Crippen LogP contribution in [-0.2, 0) is 4.79 Å². The van der Waals surface area contributed by atoms with Gasteiger partial charge in [-0.05, 0) is 30.9 Å². The molecule has 90 valence electrons. The second kappa shape index (κ2) is 5.48. The van der Waals surface area contributed by atoms with Crippen LogP contribution < -0.4 is 10.1 Å². The minimum Gasteiger partial charge on any atom is -0.480 e. The van der Waals surface area contributed by atoms with Gasteiger partial charge >= 0.3 is 0 Å². The number of hydrogen-bond donors (Lipinski definition) is 1. The van der Waals surface area contributed by atoms with Crippen LogP contribution >= 0.6 is 0 Å². The molecule has 0 saturated heterocycles. The van der Waals surface area contributed by atoms with Gasteiger partial charge in [0.05, 0.1) is 7.11 Å². The summed E-state index contributed by atoms with van der Waals surface area (Å²) < 4.78 is 5.08. The molecule has 0 radical (unpaired) electrons. The van der Waals surface area contributed by atoms with Crippen LogP contribution in [0.15, 0.2) is 30.5 Å². The fourth-order valence-corrected chi connectivity index (χ4v) is 1.95. The van der Waals surface area contributed by atoms with Gasteiger partial charge in [0.1, 0.15) is 5.69 Å². The number of allylic oxidation sites excluding steroid dienone is 2. The molecule has 1 aromatic heterocycles. The number of hydrogen-bond acceptors (Lipinski definition) is 3. The maximum absolute atomic E-state index is 11.8. The van der Waals surface area contributed by atoms with Crippen molar-refractivity contribution in [3.8, 4) is 5.88 Å². The predicted molar refractivity (Wildman–Crippen MR) is 65.9 cm³/mol. The number of rotatable bonds is 4. The molecule has 1 amide bonds. The number of nitrogens with one attached hydrogen (secondary N) is 1. The Kier molecular flexibility index (Phi) is 3.75. The summed E-state index contributed by atoms with van der Waals surface area (Å²) in [6, 6.07) is 3.56. The molecule has 1 aliphatic carbocycles. The van der Waals surface area contributed by atoms with Crippen molar-refractivity contribution in [3.63, 3.8) is 0 Å². The Hall–Kier alpha value is -1.84. The zero-order valence-corrected chi connectivity index (χ0v) is 9.85. The van der Waals surface area contributed by atoms with Gasteiger partial charge in [0, 0.05) is 12.6 Å². The number of ether oxygens (including phenoxy) is 1. The first-order chi connectivity index (χ1) is 8.29. The smallest absolute Gasteiger partial charge is 0.237 e. The highest BCUT2D eigenvalue weighted by molar-refractivity contribution is 5.92. The van der Waals surface area contributed by atoms with E-state index in [0.29, 0.717) is 23.9 Å². The maximum atomic E-state index is 11.8. The van der Waals surface area contributed by atoms with Crippen LogP contribution in [0.1, 0.15) is 19.3 Å². The van der Waals surface area contributed by atoms with Crippen LogP contribution in [0.3, 0.4) is 0 Å². The van der Waals surface area contributed by atoms with E-state index in [9.17, 15) is 4.79 Å². The number of nitrogens with zero attached hydrogens (tertiary/aromatic N) is 1. The fourth-order valence-electron chi connectivity index (χ4n) is 1.95. The van der Waals surface area contributed by atoms with Crippen LogP contribution in [-0.4, -0.2) is 18.0 Å². The van der Waals surface area contributed by atoms with Crippen molar-refractivity contribution in [2.45, 2.75) is 19.3 Å². The van der Waals surface area contributed by atoms with Crippen molar-refractivity contribution < 1.29 is 9.53 Å². The molecule has 0 spiro atoms. The molecule has 1 aromatic rings.